The molecule has 200 valence electrons. The molecule has 0 radical (unpaired) electrons. The molecule has 3 aromatic carbocycles. The first-order valence-electron chi connectivity index (χ1n) is 13.7. The average molecular weight is 533 g/mol. The second kappa shape index (κ2) is 13.1. The number of ether oxygens (including phenoxy) is 2. The third-order valence-electron chi connectivity index (χ3n) is 7.24. The number of hydrogen-bond donors (Lipinski definition) is 0. The molecule has 1 aliphatic carbocycles. The van der Waals surface area contributed by atoms with Crippen molar-refractivity contribution in [1.82, 2.24) is 0 Å². The van der Waals surface area contributed by atoms with Gasteiger partial charge in [0.2, 0.25) is 0 Å². The van der Waals surface area contributed by atoms with Crippen LogP contribution >= 0.6 is 11.6 Å². The molecule has 0 spiro atoms. The van der Waals surface area contributed by atoms with Gasteiger partial charge in [-0.05, 0) is 44.2 Å². The molecule has 38 heavy (non-hydrogen) atoms. The van der Waals surface area contributed by atoms with Gasteiger partial charge in [-0.1, -0.05) is 110 Å². The van der Waals surface area contributed by atoms with Gasteiger partial charge in [0.15, 0.2) is 5.60 Å². The Morgan fingerprint density at radius 1 is 0.789 bits per heavy atom. The standard InChI is InChI=1S/C33H37ClO4/c1-24(2)37-31(35)22-23-32(36)38-33(27-14-8-5-9-15-27,29-16-10-11-17-30(29)34)28-20-18-26(19-21-28)25-12-6-3-4-7-13-25/h5,8-11,14-21,24-25H,3-4,6-7,12-13,22-23H2,1-2H3. The maximum atomic E-state index is 13.4. The number of carbonyl (C=O) groups excluding carboxylic acids is 2. The average Bonchev–Trinajstić information content (AvgIpc) is 3.21. The van der Waals surface area contributed by atoms with Crippen LogP contribution in [0.25, 0.3) is 0 Å². The van der Waals surface area contributed by atoms with Crippen molar-refractivity contribution in [2.75, 3.05) is 0 Å². The number of halogens is 1. The highest BCUT2D eigenvalue weighted by atomic mass is 35.5. The van der Waals surface area contributed by atoms with Crippen molar-refractivity contribution in [3.8, 4) is 0 Å². The molecule has 0 bridgehead atoms. The molecule has 0 aromatic heterocycles. The Bertz CT molecular complexity index is 1200. The molecule has 4 rings (SSSR count). The predicted molar refractivity (Wildman–Crippen MR) is 151 cm³/mol. The summed E-state index contributed by atoms with van der Waals surface area (Å²) in [5.41, 5.74) is 2.31. The van der Waals surface area contributed by atoms with E-state index in [4.69, 9.17) is 21.1 Å². The van der Waals surface area contributed by atoms with Crippen LogP contribution in [0.5, 0.6) is 0 Å². The van der Waals surface area contributed by atoms with Crippen molar-refractivity contribution in [3.05, 3.63) is 106 Å². The largest absolute Gasteiger partial charge is 0.463 e. The Hall–Kier alpha value is -3.11. The van der Waals surface area contributed by atoms with Crippen LogP contribution in [0.3, 0.4) is 0 Å². The van der Waals surface area contributed by atoms with Crippen molar-refractivity contribution < 1.29 is 19.1 Å². The topological polar surface area (TPSA) is 52.6 Å². The fraction of sp³-hybridized carbons (Fsp3) is 0.394. The minimum Gasteiger partial charge on any atom is -0.463 e. The van der Waals surface area contributed by atoms with Gasteiger partial charge in [0, 0.05) is 21.7 Å². The molecular weight excluding hydrogens is 496 g/mol. The van der Waals surface area contributed by atoms with Gasteiger partial charge >= 0.3 is 11.9 Å². The summed E-state index contributed by atoms with van der Waals surface area (Å²) in [4.78, 5) is 25.5. The summed E-state index contributed by atoms with van der Waals surface area (Å²) in [5.74, 6) is -0.373. The van der Waals surface area contributed by atoms with Crippen molar-refractivity contribution >= 4 is 23.5 Å². The lowest BCUT2D eigenvalue weighted by Crippen LogP contribution is -2.36. The number of benzene rings is 3. The molecule has 1 fully saturated rings. The number of hydrogen-bond acceptors (Lipinski definition) is 4. The van der Waals surface area contributed by atoms with Crippen LogP contribution in [0.15, 0.2) is 78.9 Å². The molecule has 1 atom stereocenters. The van der Waals surface area contributed by atoms with Crippen LogP contribution < -0.4 is 0 Å². The first-order chi connectivity index (χ1) is 18.4. The molecule has 3 aromatic rings. The lowest BCUT2D eigenvalue weighted by atomic mass is 9.79. The highest BCUT2D eigenvalue weighted by Gasteiger charge is 2.42. The summed E-state index contributed by atoms with van der Waals surface area (Å²) in [6.07, 6.45) is 7.16. The van der Waals surface area contributed by atoms with E-state index in [1.807, 2.05) is 54.6 Å². The zero-order chi connectivity index (χ0) is 27.0. The van der Waals surface area contributed by atoms with E-state index in [9.17, 15) is 9.59 Å². The third kappa shape index (κ3) is 6.66. The maximum absolute atomic E-state index is 13.4. The zero-order valence-corrected chi connectivity index (χ0v) is 23.1. The van der Waals surface area contributed by atoms with Gasteiger partial charge in [0.25, 0.3) is 0 Å². The van der Waals surface area contributed by atoms with Crippen LogP contribution in [0, 0.1) is 0 Å². The van der Waals surface area contributed by atoms with E-state index in [0.29, 0.717) is 16.5 Å². The highest BCUT2D eigenvalue weighted by Crippen LogP contribution is 2.44. The van der Waals surface area contributed by atoms with Crippen molar-refractivity contribution in [1.29, 1.82) is 0 Å². The van der Waals surface area contributed by atoms with Gasteiger partial charge < -0.3 is 9.47 Å². The molecule has 5 heteroatoms. The van der Waals surface area contributed by atoms with E-state index in [1.165, 1.54) is 44.1 Å². The van der Waals surface area contributed by atoms with Gasteiger partial charge in [0.1, 0.15) is 0 Å². The normalized spacial score (nSPS) is 15.9. The number of esters is 2. The number of rotatable bonds is 9. The summed E-state index contributed by atoms with van der Waals surface area (Å²) in [6, 6.07) is 25.6. The van der Waals surface area contributed by atoms with Crippen molar-refractivity contribution in [3.63, 3.8) is 0 Å². The third-order valence-corrected chi connectivity index (χ3v) is 7.57. The van der Waals surface area contributed by atoms with Gasteiger partial charge in [-0.2, -0.15) is 0 Å². The van der Waals surface area contributed by atoms with E-state index < -0.39 is 17.5 Å². The lowest BCUT2D eigenvalue weighted by Gasteiger charge is -2.36. The zero-order valence-electron chi connectivity index (χ0n) is 22.3. The Morgan fingerprint density at radius 3 is 2.00 bits per heavy atom. The minimum atomic E-state index is -1.28. The van der Waals surface area contributed by atoms with E-state index in [2.05, 4.69) is 24.3 Å². The molecule has 0 amide bonds. The van der Waals surface area contributed by atoms with Gasteiger partial charge in [0.05, 0.1) is 18.9 Å². The van der Waals surface area contributed by atoms with Crippen molar-refractivity contribution in [2.24, 2.45) is 0 Å². The Kier molecular flexibility index (Phi) is 9.63. The Balaban J connectivity index is 1.76. The van der Waals surface area contributed by atoms with Gasteiger partial charge in [-0.25, -0.2) is 0 Å². The SMILES string of the molecule is CC(C)OC(=O)CCC(=O)OC(c1ccccc1)(c1ccc(C2CCCCCC2)cc1)c1ccccc1Cl. The first kappa shape index (κ1) is 27.9. The number of carbonyl (C=O) groups is 2. The minimum absolute atomic E-state index is 0.0506. The molecule has 0 aliphatic heterocycles. The summed E-state index contributed by atoms with van der Waals surface area (Å²) >= 11 is 6.78. The summed E-state index contributed by atoms with van der Waals surface area (Å²) < 4.78 is 11.6. The summed E-state index contributed by atoms with van der Waals surface area (Å²) in [6.45, 7) is 3.57. The maximum Gasteiger partial charge on any atom is 0.307 e. The Morgan fingerprint density at radius 2 is 1.37 bits per heavy atom. The molecule has 0 N–H and O–H groups in total. The quantitative estimate of drug-likeness (QED) is 0.158. The van der Waals surface area contributed by atoms with Crippen LogP contribution in [-0.2, 0) is 24.7 Å². The molecule has 0 heterocycles. The van der Waals surface area contributed by atoms with E-state index in [-0.39, 0.29) is 18.9 Å². The van der Waals surface area contributed by atoms with Gasteiger partial charge in [-0.3, -0.25) is 9.59 Å². The molecule has 0 saturated heterocycles. The van der Waals surface area contributed by atoms with E-state index in [1.54, 1.807) is 13.8 Å². The van der Waals surface area contributed by atoms with Gasteiger partial charge in [-0.15, -0.1) is 0 Å². The van der Waals surface area contributed by atoms with E-state index >= 15 is 0 Å². The lowest BCUT2D eigenvalue weighted by molar-refractivity contribution is -0.158. The monoisotopic (exact) mass is 532 g/mol. The fourth-order valence-corrected chi connectivity index (χ4v) is 5.69. The second-order valence-electron chi connectivity index (χ2n) is 10.4. The summed E-state index contributed by atoms with van der Waals surface area (Å²) in [7, 11) is 0. The second-order valence-corrected chi connectivity index (χ2v) is 10.8. The Labute approximate surface area is 231 Å². The van der Waals surface area contributed by atoms with Crippen LogP contribution in [0.4, 0.5) is 0 Å². The van der Waals surface area contributed by atoms with Crippen LogP contribution in [0.1, 0.15) is 93.4 Å². The van der Waals surface area contributed by atoms with Crippen molar-refractivity contribution in [2.45, 2.75) is 82.8 Å². The first-order valence-corrected chi connectivity index (χ1v) is 14.1. The highest BCUT2D eigenvalue weighted by molar-refractivity contribution is 6.31. The molecule has 1 aliphatic rings. The molecule has 4 nitrogen and oxygen atoms in total. The molecular formula is C33H37ClO4. The predicted octanol–water partition coefficient (Wildman–Crippen LogP) is 8.34. The smallest absolute Gasteiger partial charge is 0.307 e. The molecule has 1 unspecified atom stereocenters. The fourth-order valence-electron chi connectivity index (χ4n) is 5.42. The van der Waals surface area contributed by atoms with Crippen LogP contribution in [-0.4, -0.2) is 18.0 Å². The summed E-state index contributed by atoms with van der Waals surface area (Å²) in [5, 5.41) is 0.496. The molecule has 1 saturated carbocycles. The van der Waals surface area contributed by atoms with E-state index in [0.717, 1.165) is 11.1 Å². The van der Waals surface area contributed by atoms with Crippen LogP contribution in [0.2, 0.25) is 5.02 Å².